The monoisotopic (exact) mass is 351 g/mol. The lowest BCUT2D eigenvalue weighted by Gasteiger charge is -2.44. The number of halogens is 1. The topological polar surface area (TPSA) is 91.0 Å². The minimum atomic E-state index is -1.57. The molecule has 0 aromatic carbocycles. The molecule has 24 heavy (non-hydrogen) atoms. The second-order valence-electron chi connectivity index (χ2n) is 5.88. The number of aryl methyl sites for hydroxylation is 2. The molecule has 2 amide bonds. The molecule has 7 nitrogen and oxygen atoms in total. The molecule has 9 heteroatoms. The number of thiazole rings is 1. The largest absolute Gasteiger partial charge is 0.353 e. The molecule has 0 bridgehead atoms. The van der Waals surface area contributed by atoms with E-state index >= 15 is 0 Å². The van der Waals surface area contributed by atoms with E-state index < -0.39 is 5.67 Å². The highest BCUT2D eigenvalue weighted by atomic mass is 32.1. The predicted octanol–water partition coefficient (Wildman–Crippen LogP) is 1.09. The first-order valence-electron chi connectivity index (χ1n) is 7.60. The van der Waals surface area contributed by atoms with E-state index in [1.54, 1.807) is 17.8 Å². The predicted molar refractivity (Wildman–Crippen MR) is 86.5 cm³/mol. The van der Waals surface area contributed by atoms with Crippen molar-refractivity contribution < 1.29 is 14.0 Å². The van der Waals surface area contributed by atoms with Crippen LogP contribution in [0, 0.1) is 6.92 Å². The first-order valence-corrected chi connectivity index (χ1v) is 8.48. The summed E-state index contributed by atoms with van der Waals surface area (Å²) in [5.74, 6) is 0.221. The van der Waals surface area contributed by atoms with Crippen LogP contribution < -0.4 is 5.32 Å². The van der Waals surface area contributed by atoms with Gasteiger partial charge in [0.25, 0.3) is 5.91 Å². The van der Waals surface area contributed by atoms with Crippen LogP contribution in [0.15, 0.2) is 17.8 Å². The first kappa shape index (κ1) is 16.6. The molecule has 0 atom stereocenters. The van der Waals surface area contributed by atoms with Gasteiger partial charge >= 0.3 is 0 Å². The van der Waals surface area contributed by atoms with E-state index in [0.717, 1.165) is 10.8 Å². The van der Waals surface area contributed by atoms with Gasteiger partial charge in [0.1, 0.15) is 11.5 Å². The van der Waals surface area contributed by atoms with Crippen LogP contribution in [-0.2, 0) is 11.2 Å². The summed E-state index contributed by atoms with van der Waals surface area (Å²) in [5, 5.41) is 5.06. The number of carbonyl (C=O) groups excluding carboxylic acids is 2. The number of hydrogen-bond donors (Lipinski definition) is 2. The number of amides is 2. The van der Waals surface area contributed by atoms with Crippen molar-refractivity contribution in [2.45, 2.75) is 25.4 Å². The Morgan fingerprint density at radius 1 is 1.50 bits per heavy atom. The van der Waals surface area contributed by atoms with Crippen LogP contribution in [0.1, 0.15) is 27.7 Å². The van der Waals surface area contributed by atoms with Crippen LogP contribution in [0.4, 0.5) is 4.39 Å². The molecule has 1 fully saturated rings. The Morgan fingerprint density at radius 2 is 2.29 bits per heavy atom. The minimum Gasteiger partial charge on any atom is -0.353 e. The summed E-state index contributed by atoms with van der Waals surface area (Å²) in [7, 11) is 0. The van der Waals surface area contributed by atoms with Gasteiger partial charge in [0.05, 0.1) is 24.6 Å². The lowest BCUT2D eigenvalue weighted by atomic mass is 9.95. The molecular weight excluding hydrogens is 333 g/mol. The molecule has 2 aromatic heterocycles. The summed E-state index contributed by atoms with van der Waals surface area (Å²) in [6, 6.07) is 0. The highest BCUT2D eigenvalue weighted by molar-refractivity contribution is 7.09. The van der Waals surface area contributed by atoms with Crippen molar-refractivity contribution in [1.29, 1.82) is 0 Å². The summed E-state index contributed by atoms with van der Waals surface area (Å²) < 4.78 is 14.5. The molecule has 2 aromatic rings. The second kappa shape index (κ2) is 6.68. The molecule has 2 N–H and O–H groups in total. The highest BCUT2D eigenvalue weighted by Gasteiger charge is 2.46. The Kier molecular flexibility index (Phi) is 4.61. The van der Waals surface area contributed by atoms with Gasteiger partial charge in [0.2, 0.25) is 5.91 Å². The van der Waals surface area contributed by atoms with E-state index in [1.807, 2.05) is 6.92 Å². The number of nitrogens with one attached hydrogen (secondary N) is 2. The summed E-state index contributed by atoms with van der Waals surface area (Å²) >= 11 is 1.39. The number of H-pyrrole nitrogens is 1. The summed E-state index contributed by atoms with van der Waals surface area (Å²) in [6.07, 6.45) is 4.03. The molecule has 3 heterocycles. The molecule has 0 spiro atoms. The number of aromatic amines is 1. The lowest BCUT2D eigenvalue weighted by molar-refractivity contribution is -0.122. The van der Waals surface area contributed by atoms with Gasteiger partial charge in [-0.3, -0.25) is 9.59 Å². The molecule has 0 aliphatic carbocycles. The van der Waals surface area contributed by atoms with E-state index in [1.165, 1.54) is 16.2 Å². The molecular formula is C15H18FN5O2S. The van der Waals surface area contributed by atoms with E-state index in [-0.39, 0.29) is 37.9 Å². The molecule has 128 valence electrons. The standard InChI is InChI=1S/C15H18FN5O2S/c1-10-20-11(6-24-10)14(23)21-8-15(16,9-21)7-19-13(22)3-2-12-17-4-5-18-12/h4-6H,2-3,7-9H2,1H3,(H,17,18)(H,19,22). The van der Waals surface area contributed by atoms with Crippen LogP contribution in [0.2, 0.25) is 0 Å². The van der Waals surface area contributed by atoms with Gasteiger partial charge in [-0.2, -0.15) is 0 Å². The molecule has 0 unspecified atom stereocenters. The van der Waals surface area contributed by atoms with Crippen LogP contribution in [0.3, 0.4) is 0 Å². The normalized spacial score (nSPS) is 15.8. The molecule has 3 rings (SSSR count). The smallest absolute Gasteiger partial charge is 0.273 e. The average Bonchev–Trinajstić information content (AvgIpc) is 3.19. The fourth-order valence-corrected chi connectivity index (χ4v) is 3.12. The summed E-state index contributed by atoms with van der Waals surface area (Å²) in [4.78, 5) is 36.3. The van der Waals surface area contributed by atoms with Crippen LogP contribution in [0.25, 0.3) is 0 Å². The number of rotatable bonds is 6. The number of nitrogens with zero attached hydrogens (tertiary/aromatic N) is 3. The lowest BCUT2D eigenvalue weighted by Crippen LogP contribution is -2.65. The Hall–Kier alpha value is -2.29. The number of alkyl halides is 1. The quantitative estimate of drug-likeness (QED) is 0.815. The van der Waals surface area contributed by atoms with Crippen molar-refractivity contribution in [3.63, 3.8) is 0 Å². The Bertz CT molecular complexity index is 724. The Balaban J connectivity index is 1.40. The number of imidazole rings is 1. The maximum Gasteiger partial charge on any atom is 0.273 e. The van der Waals surface area contributed by atoms with Gasteiger partial charge in [-0.15, -0.1) is 11.3 Å². The maximum absolute atomic E-state index is 14.5. The highest BCUT2D eigenvalue weighted by Crippen LogP contribution is 2.26. The van der Waals surface area contributed by atoms with E-state index in [4.69, 9.17) is 0 Å². The fraction of sp³-hybridized carbons (Fsp3) is 0.467. The zero-order chi connectivity index (χ0) is 17.2. The molecule has 1 saturated heterocycles. The van der Waals surface area contributed by atoms with Crippen LogP contribution in [0.5, 0.6) is 0 Å². The fourth-order valence-electron chi connectivity index (χ4n) is 2.53. The van der Waals surface area contributed by atoms with Gasteiger partial charge in [0.15, 0.2) is 5.67 Å². The van der Waals surface area contributed by atoms with Crippen LogP contribution in [-0.4, -0.2) is 57.0 Å². The Labute approximate surface area is 142 Å². The van der Waals surface area contributed by atoms with Crippen molar-refractivity contribution in [1.82, 2.24) is 25.2 Å². The minimum absolute atomic E-state index is 0.0269. The number of aromatic nitrogens is 3. The van der Waals surface area contributed by atoms with Crippen LogP contribution >= 0.6 is 11.3 Å². The van der Waals surface area contributed by atoms with Gasteiger partial charge < -0.3 is 15.2 Å². The molecule has 0 saturated carbocycles. The van der Waals surface area contributed by atoms with Crippen molar-refractivity contribution >= 4 is 23.2 Å². The van der Waals surface area contributed by atoms with Crippen molar-refractivity contribution in [2.24, 2.45) is 0 Å². The average molecular weight is 351 g/mol. The third-order valence-electron chi connectivity index (χ3n) is 3.82. The SMILES string of the molecule is Cc1nc(C(=O)N2CC(F)(CNC(=O)CCc3ncc[nH]3)C2)cs1. The summed E-state index contributed by atoms with van der Waals surface area (Å²) in [6.45, 7) is 1.67. The molecule has 0 radical (unpaired) electrons. The first-order chi connectivity index (χ1) is 11.5. The zero-order valence-electron chi connectivity index (χ0n) is 13.2. The zero-order valence-corrected chi connectivity index (χ0v) is 14.0. The number of carbonyl (C=O) groups is 2. The maximum atomic E-state index is 14.5. The number of likely N-dealkylation sites (tertiary alicyclic amines) is 1. The van der Waals surface area contributed by atoms with Crippen molar-refractivity contribution in [2.75, 3.05) is 19.6 Å². The van der Waals surface area contributed by atoms with Gasteiger partial charge in [-0.25, -0.2) is 14.4 Å². The number of hydrogen-bond acceptors (Lipinski definition) is 5. The van der Waals surface area contributed by atoms with Crippen molar-refractivity contribution in [3.8, 4) is 0 Å². The second-order valence-corrected chi connectivity index (χ2v) is 6.94. The third kappa shape index (κ3) is 3.78. The Morgan fingerprint density at radius 3 is 2.92 bits per heavy atom. The summed E-state index contributed by atoms with van der Waals surface area (Å²) in [5.41, 5.74) is -1.22. The van der Waals surface area contributed by atoms with Crippen molar-refractivity contribution in [3.05, 3.63) is 34.3 Å². The van der Waals surface area contributed by atoms with E-state index in [0.29, 0.717) is 12.1 Å². The van der Waals surface area contributed by atoms with Gasteiger partial charge in [0, 0.05) is 30.6 Å². The third-order valence-corrected chi connectivity index (χ3v) is 4.59. The van der Waals surface area contributed by atoms with E-state index in [9.17, 15) is 14.0 Å². The van der Waals surface area contributed by atoms with E-state index in [2.05, 4.69) is 20.3 Å². The molecule has 1 aliphatic heterocycles. The van der Waals surface area contributed by atoms with Gasteiger partial charge in [-0.1, -0.05) is 0 Å². The van der Waals surface area contributed by atoms with Gasteiger partial charge in [-0.05, 0) is 6.92 Å². The molecule has 1 aliphatic rings.